The van der Waals surface area contributed by atoms with E-state index in [1.54, 1.807) is 12.1 Å². The largest absolute Gasteiger partial charge is 0.350 e. The van der Waals surface area contributed by atoms with E-state index in [1.807, 2.05) is 71.0 Å². The zero-order valence-electron chi connectivity index (χ0n) is 22.8. The number of sulfonamides is 1. The predicted molar refractivity (Wildman–Crippen MR) is 146 cm³/mol. The maximum absolute atomic E-state index is 13.7. The van der Waals surface area contributed by atoms with E-state index < -0.39 is 34.1 Å². The monoisotopic (exact) mass is 515 g/mol. The first kappa shape index (κ1) is 29.4. The fraction of sp³-hybridized carbons (Fsp3) is 0.500. The first-order valence-electron chi connectivity index (χ1n) is 12.4. The number of benzene rings is 2. The van der Waals surface area contributed by atoms with E-state index in [0.29, 0.717) is 18.0 Å². The van der Waals surface area contributed by atoms with Gasteiger partial charge in [0.2, 0.25) is 21.8 Å². The van der Waals surface area contributed by atoms with Gasteiger partial charge >= 0.3 is 0 Å². The molecule has 0 heterocycles. The van der Waals surface area contributed by atoms with E-state index in [4.69, 9.17) is 0 Å². The molecule has 0 aliphatic heterocycles. The van der Waals surface area contributed by atoms with Gasteiger partial charge in [0.25, 0.3) is 0 Å². The number of hydrogen-bond acceptors (Lipinski definition) is 4. The van der Waals surface area contributed by atoms with Crippen molar-refractivity contribution in [1.29, 1.82) is 0 Å². The summed E-state index contributed by atoms with van der Waals surface area (Å²) in [5.41, 5.74) is 2.93. The molecule has 0 radical (unpaired) electrons. The number of amides is 2. The molecule has 1 N–H and O–H groups in total. The molecule has 2 aromatic rings. The van der Waals surface area contributed by atoms with Gasteiger partial charge < -0.3 is 10.2 Å². The topological polar surface area (TPSA) is 86.8 Å². The molecule has 0 aliphatic carbocycles. The third-order valence-corrected chi connectivity index (χ3v) is 6.99. The Hall–Kier alpha value is -2.87. The van der Waals surface area contributed by atoms with Gasteiger partial charge in [-0.3, -0.25) is 13.9 Å². The molecule has 2 aromatic carbocycles. The number of rotatable bonds is 10. The van der Waals surface area contributed by atoms with Crippen molar-refractivity contribution >= 4 is 27.5 Å². The highest BCUT2D eigenvalue weighted by atomic mass is 32.2. The Kier molecular flexibility index (Phi) is 9.71. The van der Waals surface area contributed by atoms with Gasteiger partial charge in [0, 0.05) is 12.1 Å². The predicted octanol–water partition coefficient (Wildman–Crippen LogP) is 4.61. The Morgan fingerprint density at radius 3 is 2.11 bits per heavy atom. The molecule has 0 aliphatic rings. The fourth-order valence-electron chi connectivity index (χ4n) is 4.02. The molecule has 1 atom stereocenters. The Bertz CT molecular complexity index is 1150. The van der Waals surface area contributed by atoms with Gasteiger partial charge in [-0.15, -0.1) is 0 Å². The van der Waals surface area contributed by atoms with Gasteiger partial charge in [0.05, 0.1) is 11.9 Å². The Morgan fingerprint density at radius 1 is 1.03 bits per heavy atom. The average molecular weight is 516 g/mol. The molecule has 2 amide bonds. The van der Waals surface area contributed by atoms with Crippen LogP contribution in [-0.4, -0.2) is 49.5 Å². The summed E-state index contributed by atoms with van der Waals surface area (Å²) in [7, 11) is -3.76. The van der Waals surface area contributed by atoms with Crippen molar-refractivity contribution in [1.82, 2.24) is 10.2 Å². The fourth-order valence-corrected chi connectivity index (χ4v) is 4.87. The second-order valence-corrected chi connectivity index (χ2v) is 12.6. The summed E-state index contributed by atoms with van der Waals surface area (Å²) in [6.07, 6.45) is 1.48. The SMILES string of the molecule is CC[C@H](C(=O)NC(C)(C)C)N(Cc1cccc(C)c1)C(=O)CN(c1ccc(C(C)C)cc1)S(C)(=O)=O. The number of nitrogens with zero attached hydrogens (tertiary/aromatic N) is 2. The van der Waals surface area contributed by atoms with Crippen molar-refractivity contribution < 1.29 is 18.0 Å². The molecule has 198 valence electrons. The quantitative estimate of drug-likeness (QED) is 0.501. The van der Waals surface area contributed by atoms with Gasteiger partial charge in [-0.1, -0.05) is 62.7 Å². The van der Waals surface area contributed by atoms with Crippen molar-refractivity contribution in [2.24, 2.45) is 0 Å². The van der Waals surface area contributed by atoms with Crippen LogP contribution < -0.4 is 9.62 Å². The number of nitrogens with one attached hydrogen (secondary N) is 1. The summed E-state index contributed by atoms with van der Waals surface area (Å²) in [5, 5.41) is 2.97. The lowest BCUT2D eigenvalue weighted by molar-refractivity contribution is -0.141. The Morgan fingerprint density at radius 2 is 1.64 bits per heavy atom. The maximum atomic E-state index is 13.7. The lowest BCUT2D eigenvalue weighted by atomic mass is 10.0. The molecule has 36 heavy (non-hydrogen) atoms. The molecule has 0 fully saturated rings. The normalized spacial score (nSPS) is 12.8. The van der Waals surface area contributed by atoms with E-state index in [0.717, 1.165) is 27.3 Å². The molecule has 0 bridgehead atoms. The second kappa shape index (κ2) is 11.9. The van der Waals surface area contributed by atoms with Gasteiger partial charge in [-0.2, -0.15) is 0 Å². The Labute approximate surface area is 216 Å². The molecule has 2 rings (SSSR count). The summed E-state index contributed by atoms with van der Waals surface area (Å²) in [5.74, 6) is -0.409. The zero-order chi connectivity index (χ0) is 27.3. The molecule has 0 aromatic heterocycles. The summed E-state index contributed by atoms with van der Waals surface area (Å²) >= 11 is 0. The van der Waals surface area contributed by atoms with Crippen LogP contribution in [0, 0.1) is 6.92 Å². The number of carbonyl (C=O) groups excluding carboxylic acids is 2. The van der Waals surface area contributed by atoms with E-state index in [2.05, 4.69) is 19.2 Å². The first-order chi connectivity index (χ1) is 16.6. The third-order valence-electron chi connectivity index (χ3n) is 5.85. The number of aryl methyl sites for hydroxylation is 1. The molecule has 7 nitrogen and oxygen atoms in total. The van der Waals surface area contributed by atoms with E-state index in [1.165, 1.54) is 4.90 Å². The van der Waals surface area contributed by atoms with Crippen molar-refractivity contribution in [2.45, 2.75) is 78.9 Å². The van der Waals surface area contributed by atoms with Gasteiger partial charge in [0.15, 0.2) is 0 Å². The summed E-state index contributed by atoms with van der Waals surface area (Å²) in [6, 6.07) is 14.2. The minimum absolute atomic E-state index is 0.195. The van der Waals surface area contributed by atoms with Crippen molar-refractivity contribution in [2.75, 3.05) is 17.1 Å². The van der Waals surface area contributed by atoms with Crippen LogP contribution in [0.5, 0.6) is 0 Å². The van der Waals surface area contributed by atoms with E-state index in [9.17, 15) is 18.0 Å². The van der Waals surface area contributed by atoms with Crippen LogP contribution in [0.15, 0.2) is 48.5 Å². The van der Waals surface area contributed by atoms with Gasteiger partial charge in [-0.25, -0.2) is 8.42 Å². The average Bonchev–Trinajstić information content (AvgIpc) is 2.75. The maximum Gasteiger partial charge on any atom is 0.244 e. The number of anilines is 1. The highest BCUT2D eigenvalue weighted by molar-refractivity contribution is 7.92. The minimum atomic E-state index is -3.76. The summed E-state index contributed by atoms with van der Waals surface area (Å²) in [4.78, 5) is 28.5. The highest BCUT2D eigenvalue weighted by Crippen LogP contribution is 2.23. The van der Waals surface area contributed by atoms with E-state index >= 15 is 0 Å². The van der Waals surface area contributed by atoms with Crippen LogP contribution in [0.1, 0.15) is 70.6 Å². The molecular weight excluding hydrogens is 474 g/mol. The van der Waals surface area contributed by atoms with Crippen LogP contribution in [0.25, 0.3) is 0 Å². The van der Waals surface area contributed by atoms with Crippen LogP contribution in [0.4, 0.5) is 5.69 Å². The van der Waals surface area contributed by atoms with Crippen molar-refractivity contribution in [3.63, 3.8) is 0 Å². The standard InChI is InChI=1S/C28H41N3O4S/c1-9-25(27(33)29-28(5,6)7)30(18-22-12-10-11-21(4)17-22)26(32)19-31(36(8,34)35)24-15-13-23(14-16-24)20(2)3/h10-17,20,25H,9,18-19H2,1-8H3,(H,29,33)/t25-/m1/s1. The minimum Gasteiger partial charge on any atom is -0.350 e. The molecule has 8 heteroatoms. The molecular formula is C28H41N3O4S. The van der Waals surface area contributed by atoms with Crippen LogP contribution in [0.2, 0.25) is 0 Å². The molecule has 0 saturated carbocycles. The molecule has 0 unspecified atom stereocenters. The van der Waals surface area contributed by atoms with Gasteiger partial charge in [0.1, 0.15) is 12.6 Å². The van der Waals surface area contributed by atoms with E-state index in [-0.39, 0.29) is 12.5 Å². The number of hydrogen-bond donors (Lipinski definition) is 1. The highest BCUT2D eigenvalue weighted by Gasteiger charge is 2.33. The van der Waals surface area contributed by atoms with Crippen LogP contribution in [-0.2, 0) is 26.2 Å². The van der Waals surface area contributed by atoms with Crippen LogP contribution >= 0.6 is 0 Å². The Balaban J connectivity index is 2.45. The summed E-state index contributed by atoms with van der Waals surface area (Å²) in [6.45, 7) is 13.4. The lowest BCUT2D eigenvalue weighted by Gasteiger charge is -2.34. The molecule has 0 saturated heterocycles. The van der Waals surface area contributed by atoms with Crippen molar-refractivity contribution in [3.05, 3.63) is 65.2 Å². The third kappa shape index (κ3) is 8.36. The summed E-state index contributed by atoms with van der Waals surface area (Å²) < 4.78 is 26.6. The smallest absolute Gasteiger partial charge is 0.244 e. The molecule has 0 spiro atoms. The van der Waals surface area contributed by atoms with Gasteiger partial charge in [-0.05, 0) is 63.3 Å². The number of carbonyl (C=O) groups is 2. The lowest BCUT2D eigenvalue weighted by Crippen LogP contribution is -2.55. The van der Waals surface area contributed by atoms with Crippen LogP contribution in [0.3, 0.4) is 0 Å². The second-order valence-electron chi connectivity index (χ2n) is 10.7. The first-order valence-corrected chi connectivity index (χ1v) is 14.2. The zero-order valence-corrected chi connectivity index (χ0v) is 23.6. The van der Waals surface area contributed by atoms with Crippen molar-refractivity contribution in [3.8, 4) is 0 Å².